The van der Waals surface area contributed by atoms with Crippen molar-refractivity contribution in [2.75, 3.05) is 30.2 Å². The van der Waals surface area contributed by atoms with Gasteiger partial charge in [0.15, 0.2) is 15.7 Å². The van der Waals surface area contributed by atoms with Crippen LogP contribution >= 0.6 is 11.8 Å². The highest BCUT2D eigenvalue weighted by atomic mass is 32.2. The number of ether oxygens (including phenoxy) is 1. The number of amides is 1. The summed E-state index contributed by atoms with van der Waals surface area (Å²) in [7, 11) is -1.52. The molecule has 0 aliphatic carbocycles. The molecule has 0 spiro atoms. The van der Waals surface area contributed by atoms with Gasteiger partial charge in [0.1, 0.15) is 5.75 Å². The highest BCUT2D eigenvalue weighted by molar-refractivity contribution is 7.99. The van der Waals surface area contributed by atoms with Crippen molar-refractivity contribution >= 4 is 27.5 Å². The van der Waals surface area contributed by atoms with Crippen LogP contribution in [0.1, 0.15) is 26.7 Å². The van der Waals surface area contributed by atoms with Gasteiger partial charge in [-0.2, -0.15) is 0 Å². The molecule has 2 N–H and O–H groups in total. The Kier molecular flexibility index (Phi) is 6.91. The maximum Gasteiger partial charge on any atom is 0.233 e. The Labute approximate surface area is 180 Å². The first-order valence-electron chi connectivity index (χ1n) is 9.75. The molecule has 1 aromatic carbocycles. The number of hydrogen-bond acceptors (Lipinski definition) is 8. The lowest BCUT2D eigenvalue weighted by molar-refractivity contribution is -0.132. The Morgan fingerprint density at radius 1 is 1.40 bits per heavy atom. The van der Waals surface area contributed by atoms with Gasteiger partial charge in [0.2, 0.25) is 11.1 Å². The van der Waals surface area contributed by atoms with E-state index < -0.39 is 9.84 Å². The minimum atomic E-state index is -3.08. The highest BCUT2D eigenvalue weighted by Crippen LogP contribution is 2.30. The molecule has 2 aromatic rings. The molecule has 2 heterocycles. The van der Waals surface area contributed by atoms with Crippen molar-refractivity contribution in [2.24, 2.45) is 0 Å². The molecule has 0 unspecified atom stereocenters. The number of nitrogens with zero attached hydrogens (tertiary/aromatic N) is 4. The summed E-state index contributed by atoms with van der Waals surface area (Å²) in [5.41, 5.74) is 0.700. The van der Waals surface area contributed by atoms with E-state index >= 15 is 0 Å². The number of methoxy groups -OCH3 is 1. The van der Waals surface area contributed by atoms with Gasteiger partial charge in [0.25, 0.3) is 0 Å². The second kappa shape index (κ2) is 9.25. The molecule has 1 aliphatic heterocycles. The number of benzene rings is 1. The molecule has 1 aliphatic rings. The predicted octanol–water partition coefficient (Wildman–Crippen LogP) is 1.57. The lowest BCUT2D eigenvalue weighted by Crippen LogP contribution is -2.47. The fourth-order valence-corrected chi connectivity index (χ4v) is 6.03. The number of aromatic nitrogens is 3. The molecule has 11 heteroatoms. The van der Waals surface area contributed by atoms with Gasteiger partial charge in [0, 0.05) is 12.1 Å². The predicted molar refractivity (Wildman–Crippen MR) is 117 cm³/mol. The molecule has 1 aromatic heterocycles. The first kappa shape index (κ1) is 22.4. The minimum absolute atomic E-state index is 0.0266. The molecule has 0 bridgehead atoms. The molecule has 1 amide bonds. The molecule has 0 radical (unpaired) electrons. The lowest BCUT2D eigenvalue weighted by Gasteiger charge is -2.33. The lowest BCUT2D eigenvalue weighted by atomic mass is 10.1. The monoisotopic (exact) mass is 453 g/mol. The van der Waals surface area contributed by atoms with Crippen molar-refractivity contribution in [3.05, 3.63) is 24.3 Å². The Morgan fingerprint density at radius 2 is 2.13 bits per heavy atom. The number of hydrogen-bond donors (Lipinski definition) is 1. The molecule has 1 saturated heterocycles. The van der Waals surface area contributed by atoms with Crippen molar-refractivity contribution in [1.29, 1.82) is 0 Å². The maximum absolute atomic E-state index is 13.0. The summed E-state index contributed by atoms with van der Waals surface area (Å²) >= 11 is 1.18. The molecular formula is C19H27N5O4S2. The number of para-hydroxylation sites is 1. The summed E-state index contributed by atoms with van der Waals surface area (Å²) in [6.45, 7) is 3.93. The summed E-state index contributed by atoms with van der Waals surface area (Å²) in [6, 6.07) is 7.01. The summed E-state index contributed by atoms with van der Waals surface area (Å²) in [6.07, 6.45) is 1.23. The number of carbonyl (C=O) groups excluding carboxylic acids is 1. The molecule has 2 atom stereocenters. The zero-order valence-electron chi connectivity index (χ0n) is 17.3. The fraction of sp³-hybridized carbons (Fsp3) is 0.526. The Balaban J connectivity index is 1.74. The highest BCUT2D eigenvalue weighted by Gasteiger charge is 2.36. The Hall–Kier alpha value is -2.27. The zero-order valence-corrected chi connectivity index (χ0v) is 18.9. The number of nitrogen functional groups attached to an aromatic ring is 1. The molecule has 9 nitrogen and oxygen atoms in total. The van der Waals surface area contributed by atoms with Gasteiger partial charge in [-0.1, -0.05) is 30.8 Å². The molecule has 30 heavy (non-hydrogen) atoms. The number of nitrogens with two attached hydrogens (primary N) is 1. The van der Waals surface area contributed by atoms with E-state index in [0.29, 0.717) is 28.7 Å². The third kappa shape index (κ3) is 4.72. The van der Waals surface area contributed by atoms with Gasteiger partial charge in [-0.15, -0.1) is 10.2 Å². The van der Waals surface area contributed by atoms with Gasteiger partial charge < -0.3 is 15.5 Å². The number of thioether (sulfide) groups is 1. The van der Waals surface area contributed by atoms with E-state index in [1.165, 1.54) is 16.4 Å². The largest absolute Gasteiger partial charge is 0.496 e. The zero-order chi connectivity index (χ0) is 21.9. The van der Waals surface area contributed by atoms with E-state index in [-0.39, 0.29) is 35.2 Å². The van der Waals surface area contributed by atoms with Gasteiger partial charge in [-0.05, 0) is 31.9 Å². The van der Waals surface area contributed by atoms with E-state index in [2.05, 4.69) is 10.2 Å². The van der Waals surface area contributed by atoms with Crippen LogP contribution in [0.4, 0.5) is 0 Å². The summed E-state index contributed by atoms with van der Waals surface area (Å²) in [5, 5.41) is 8.66. The van der Waals surface area contributed by atoms with Crippen molar-refractivity contribution in [2.45, 2.75) is 43.9 Å². The van der Waals surface area contributed by atoms with Crippen LogP contribution in [-0.4, -0.2) is 70.6 Å². The standard InChI is InChI=1S/C19H27N5O4S2/c1-4-13(2)23(14-9-10-30(26,27)12-14)17(25)11-29-19-22-21-18(24(19)20)15-7-5-6-8-16(15)28-3/h5-8,13-14H,4,9-12,20H2,1-3H3/t13-,14+/m1/s1. The van der Waals surface area contributed by atoms with Gasteiger partial charge in [-0.3, -0.25) is 4.79 Å². The first-order valence-corrected chi connectivity index (χ1v) is 12.6. The third-order valence-electron chi connectivity index (χ3n) is 5.29. The average Bonchev–Trinajstić information content (AvgIpc) is 3.27. The Morgan fingerprint density at radius 3 is 2.77 bits per heavy atom. The average molecular weight is 454 g/mol. The molecule has 0 saturated carbocycles. The second-order valence-corrected chi connectivity index (χ2v) is 10.5. The minimum Gasteiger partial charge on any atom is -0.496 e. The number of rotatable bonds is 8. The van der Waals surface area contributed by atoms with Crippen molar-refractivity contribution in [3.8, 4) is 17.1 Å². The smallest absolute Gasteiger partial charge is 0.233 e. The summed E-state index contributed by atoms with van der Waals surface area (Å²) in [5.74, 6) is 7.36. The van der Waals surface area contributed by atoms with E-state index in [0.717, 1.165) is 6.42 Å². The summed E-state index contributed by atoms with van der Waals surface area (Å²) in [4.78, 5) is 14.7. The van der Waals surface area contributed by atoms with Crippen molar-refractivity contribution < 1.29 is 17.9 Å². The molecule has 3 rings (SSSR count). The van der Waals surface area contributed by atoms with Crippen LogP contribution in [0.3, 0.4) is 0 Å². The van der Waals surface area contributed by atoms with E-state index in [1.54, 1.807) is 18.1 Å². The van der Waals surface area contributed by atoms with Gasteiger partial charge in [-0.25, -0.2) is 13.1 Å². The van der Waals surface area contributed by atoms with Crippen molar-refractivity contribution in [1.82, 2.24) is 19.8 Å². The van der Waals surface area contributed by atoms with E-state index in [1.807, 2.05) is 32.0 Å². The fourth-order valence-electron chi connectivity index (χ4n) is 3.59. The van der Waals surface area contributed by atoms with Crippen LogP contribution in [0.15, 0.2) is 29.4 Å². The van der Waals surface area contributed by atoms with E-state index in [9.17, 15) is 13.2 Å². The quantitative estimate of drug-likeness (QED) is 0.472. The van der Waals surface area contributed by atoms with E-state index in [4.69, 9.17) is 10.6 Å². The molecule has 1 fully saturated rings. The van der Waals surface area contributed by atoms with Gasteiger partial charge >= 0.3 is 0 Å². The van der Waals surface area contributed by atoms with Crippen LogP contribution in [-0.2, 0) is 14.6 Å². The van der Waals surface area contributed by atoms with Crippen LogP contribution in [0.2, 0.25) is 0 Å². The van der Waals surface area contributed by atoms with Crippen LogP contribution in [0, 0.1) is 0 Å². The third-order valence-corrected chi connectivity index (χ3v) is 7.97. The maximum atomic E-state index is 13.0. The first-order chi connectivity index (χ1) is 14.3. The Bertz CT molecular complexity index is 1010. The summed E-state index contributed by atoms with van der Waals surface area (Å²) < 4.78 is 30.5. The number of sulfone groups is 1. The van der Waals surface area contributed by atoms with Crippen LogP contribution in [0.25, 0.3) is 11.4 Å². The van der Waals surface area contributed by atoms with Crippen LogP contribution < -0.4 is 10.6 Å². The molecular weight excluding hydrogens is 426 g/mol. The second-order valence-electron chi connectivity index (χ2n) is 7.28. The topological polar surface area (TPSA) is 120 Å². The normalized spacial score (nSPS) is 18.8. The van der Waals surface area contributed by atoms with Gasteiger partial charge in [0.05, 0.1) is 29.9 Å². The molecule has 164 valence electrons. The SMILES string of the molecule is CC[C@@H](C)N(C(=O)CSc1nnc(-c2ccccc2OC)n1N)[C@H]1CCS(=O)(=O)C1. The van der Waals surface area contributed by atoms with Crippen molar-refractivity contribution in [3.63, 3.8) is 0 Å². The van der Waals surface area contributed by atoms with Crippen LogP contribution in [0.5, 0.6) is 5.75 Å². The number of carbonyl (C=O) groups is 1.